The molecule has 3 rings (SSSR count). The van der Waals surface area contributed by atoms with Crippen LogP contribution in [0, 0.1) is 24.0 Å². The predicted octanol–water partition coefficient (Wildman–Crippen LogP) is 4.92. The topological polar surface area (TPSA) is 116 Å². The number of hydrogen-bond donors (Lipinski definition) is 1. The quantitative estimate of drug-likeness (QED) is 0.304. The molecule has 0 aliphatic heterocycles. The lowest BCUT2D eigenvalue weighted by atomic mass is 9.99. The molecule has 0 aliphatic rings. The van der Waals surface area contributed by atoms with Gasteiger partial charge in [0, 0.05) is 23.1 Å². The van der Waals surface area contributed by atoms with E-state index < -0.39 is 20.9 Å². The molecule has 1 aromatic heterocycles. The Kier molecular flexibility index (Phi) is 6.42. The van der Waals surface area contributed by atoms with E-state index >= 15 is 0 Å². The molecule has 8 nitrogen and oxygen atoms in total. The minimum absolute atomic E-state index is 0.0817. The van der Waals surface area contributed by atoms with Crippen LogP contribution in [0.2, 0.25) is 0 Å². The molecule has 0 saturated heterocycles. The van der Waals surface area contributed by atoms with Gasteiger partial charge in [-0.3, -0.25) is 14.8 Å². The van der Waals surface area contributed by atoms with Gasteiger partial charge in [-0.1, -0.05) is 24.3 Å². The van der Waals surface area contributed by atoms with E-state index in [0.29, 0.717) is 5.56 Å². The first-order valence-corrected chi connectivity index (χ1v) is 11.6. The first kappa shape index (κ1) is 22.4. The van der Waals surface area contributed by atoms with Crippen molar-refractivity contribution >= 4 is 38.0 Å². The molecule has 0 radical (unpaired) electrons. The summed E-state index contributed by atoms with van der Waals surface area (Å²) in [6, 6.07) is 10.4. The first-order chi connectivity index (χ1) is 14.6. The molecule has 3 aromatic rings. The third kappa shape index (κ3) is 4.75. The number of thiophene rings is 1. The highest BCUT2D eigenvalue weighted by Gasteiger charge is 2.26. The van der Waals surface area contributed by atoms with Gasteiger partial charge in [0.25, 0.3) is 15.7 Å². The zero-order valence-corrected chi connectivity index (χ0v) is 18.7. The molecule has 162 valence electrons. The van der Waals surface area contributed by atoms with Gasteiger partial charge in [-0.25, -0.2) is 13.2 Å². The highest BCUT2D eigenvalue weighted by Crippen LogP contribution is 2.38. The number of nitro groups is 1. The second-order valence-corrected chi connectivity index (χ2v) is 9.30. The maximum Gasteiger partial charge on any atom is 0.341 e. The molecular weight excluding hydrogens is 440 g/mol. The SMILES string of the molecule is CCOC(=O)c1c(-c2ccc(C)c(C)c2)csc1NS(=O)(=O)c1cccc([N+](=O)[O-])c1. The van der Waals surface area contributed by atoms with Gasteiger partial charge in [-0.15, -0.1) is 11.3 Å². The Morgan fingerprint density at radius 1 is 1.16 bits per heavy atom. The van der Waals surface area contributed by atoms with Crippen LogP contribution in [0.15, 0.2) is 52.7 Å². The zero-order chi connectivity index (χ0) is 22.8. The van der Waals surface area contributed by atoms with E-state index in [4.69, 9.17) is 4.74 Å². The Morgan fingerprint density at radius 2 is 1.90 bits per heavy atom. The van der Waals surface area contributed by atoms with Crippen LogP contribution in [0.4, 0.5) is 10.7 Å². The summed E-state index contributed by atoms with van der Waals surface area (Å²) in [4.78, 5) is 22.7. The molecule has 1 heterocycles. The molecule has 0 spiro atoms. The minimum Gasteiger partial charge on any atom is -0.462 e. The number of hydrogen-bond acceptors (Lipinski definition) is 7. The van der Waals surface area contributed by atoms with Gasteiger partial charge in [0.1, 0.15) is 10.6 Å². The van der Waals surface area contributed by atoms with Crippen LogP contribution in [-0.2, 0) is 14.8 Å². The summed E-state index contributed by atoms with van der Waals surface area (Å²) in [5, 5.41) is 12.8. The van der Waals surface area contributed by atoms with Crippen molar-refractivity contribution in [3.05, 3.63) is 74.6 Å². The highest BCUT2D eigenvalue weighted by atomic mass is 32.2. The van der Waals surface area contributed by atoms with Crippen molar-refractivity contribution in [2.45, 2.75) is 25.7 Å². The fourth-order valence-electron chi connectivity index (χ4n) is 2.91. The van der Waals surface area contributed by atoms with E-state index in [1.807, 2.05) is 32.0 Å². The lowest BCUT2D eigenvalue weighted by Crippen LogP contribution is -2.15. The number of benzene rings is 2. The molecule has 0 bridgehead atoms. The Balaban J connectivity index is 2.07. The number of nitrogens with zero attached hydrogens (tertiary/aromatic N) is 1. The summed E-state index contributed by atoms with van der Waals surface area (Å²) in [7, 11) is -4.18. The average molecular weight is 461 g/mol. The number of ether oxygens (including phenoxy) is 1. The fourth-order valence-corrected chi connectivity index (χ4v) is 5.23. The van der Waals surface area contributed by atoms with Crippen molar-refractivity contribution in [3.63, 3.8) is 0 Å². The van der Waals surface area contributed by atoms with Crippen molar-refractivity contribution in [1.29, 1.82) is 0 Å². The number of carbonyl (C=O) groups excluding carboxylic acids is 1. The Bertz CT molecular complexity index is 1260. The Labute approximate surface area is 183 Å². The second-order valence-electron chi connectivity index (χ2n) is 6.73. The van der Waals surface area contributed by atoms with Crippen LogP contribution >= 0.6 is 11.3 Å². The number of rotatable bonds is 7. The van der Waals surface area contributed by atoms with Gasteiger partial charge >= 0.3 is 5.97 Å². The number of aryl methyl sites for hydroxylation is 2. The summed E-state index contributed by atoms with van der Waals surface area (Å²) in [5.74, 6) is -0.659. The number of sulfonamides is 1. The monoisotopic (exact) mass is 460 g/mol. The first-order valence-electron chi connectivity index (χ1n) is 9.27. The molecule has 0 fully saturated rings. The summed E-state index contributed by atoms with van der Waals surface area (Å²) in [6.07, 6.45) is 0. The fraction of sp³-hybridized carbons (Fsp3) is 0.190. The van der Waals surface area contributed by atoms with Crippen molar-refractivity contribution < 1.29 is 22.9 Å². The predicted molar refractivity (Wildman–Crippen MR) is 119 cm³/mol. The normalized spacial score (nSPS) is 11.2. The van der Waals surface area contributed by atoms with Crippen LogP contribution in [0.5, 0.6) is 0 Å². The minimum atomic E-state index is -4.18. The van der Waals surface area contributed by atoms with Crippen molar-refractivity contribution in [2.24, 2.45) is 0 Å². The van der Waals surface area contributed by atoms with Crippen LogP contribution < -0.4 is 4.72 Å². The van der Waals surface area contributed by atoms with Crippen molar-refractivity contribution in [3.8, 4) is 11.1 Å². The summed E-state index contributed by atoms with van der Waals surface area (Å²) < 4.78 is 33.3. The van der Waals surface area contributed by atoms with Crippen LogP contribution in [0.1, 0.15) is 28.4 Å². The van der Waals surface area contributed by atoms with E-state index in [0.717, 1.165) is 34.1 Å². The summed E-state index contributed by atoms with van der Waals surface area (Å²) in [5.41, 5.74) is 3.16. The van der Waals surface area contributed by atoms with Crippen LogP contribution in [0.3, 0.4) is 0 Å². The molecule has 10 heteroatoms. The van der Waals surface area contributed by atoms with E-state index in [-0.39, 0.29) is 27.8 Å². The number of anilines is 1. The lowest BCUT2D eigenvalue weighted by Gasteiger charge is -2.11. The lowest BCUT2D eigenvalue weighted by molar-refractivity contribution is -0.385. The van der Waals surface area contributed by atoms with Gasteiger partial charge in [0.15, 0.2) is 0 Å². The zero-order valence-electron chi connectivity index (χ0n) is 17.0. The van der Waals surface area contributed by atoms with Crippen molar-refractivity contribution in [1.82, 2.24) is 0 Å². The summed E-state index contributed by atoms with van der Waals surface area (Å²) >= 11 is 1.04. The Hall–Kier alpha value is -3.24. The smallest absolute Gasteiger partial charge is 0.341 e. The number of nitro benzene ring substituents is 1. The van der Waals surface area contributed by atoms with E-state index in [1.54, 1.807) is 12.3 Å². The van der Waals surface area contributed by atoms with E-state index in [1.165, 1.54) is 18.2 Å². The van der Waals surface area contributed by atoms with E-state index in [9.17, 15) is 23.3 Å². The van der Waals surface area contributed by atoms with Gasteiger partial charge < -0.3 is 4.74 Å². The van der Waals surface area contributed by atoms with Crippen LogP contribution in [0.25, 0.3) is 11.1 Å². The molecule has 2 aromatic carbocycles. The number of nitrogens with one attached hydrogen (secondary N) is 1. The molecule has 0 atom stereocenters. The third-order valence-corrected chi connectivity index (χ3v) is 7.03. The molecule has 31 heavy (non-hydrogen) atoms. The highest BCUT2D eigenvalue weighted by molar-refractivity contribution is 7.93. The van der Waals surface area contributed by atoms with Gasteiger partial charge in [0.05, 0.1) is 16.4 Å². The molecular formula is C21H20N2O6S2. The summed E-state index contributed by atoms with van der Waals surface area (Å²) in [6.45, 7) is 5.70. The number of esters is 1. The molecule has 0 aliphatic carbocycles. The van der Waals surface area contributed by atoms with Gasteiger partial charge in [-0.05, 0) is 43.5 Å². The number of carbonyl (C=O) groups is 1. The maximum absolute atomic E-state index is 12.9. The Morgan fingerprint density at radius 3 is 2.55 bits per heavy atom. The largest absolute Gasteiger partial charge is 0.462 e. The van der Waals surface area contributed by atoms with Gasteiger partial charge in [-0.2, -0.15) is 0 Å². The van der Waals surface area contributed by atoms with Crippen LogP contribution in [-0.4, -0.2) is 25.9 Å². The van der Waals surface area contributed by atoms with Crippen molar-refractivity contribution in [2.75, 3.05) is 11.3 Å². The number of non-ortho nitro benzene ring substituents is 1. The standard InChI is InChI=1S/C21H20N2O6S2/c1-4-29-21(24)19-18(15-9-8-13(2)14(3)10-15)12-30-20(19)22-31(27,28)17-7-5-6-16(11-17)23(25)26/h5-12,22H,4H2,1-3H3. The van der Waals surface area contributed by atoms with E-state index in [2.05, 4.69) is 4.72 Å². The third-order valence-electron chi connectivity index (χ3n) is 4.65. The van der Waals surface area contributed by atoms with Gasteiger partial charge in [0.2, 0.25) is 0 Å². The maximum atomic E-state index is 12.9. The molecule has 1 N–H and O–H groups in total. The molecule has 0 amide bonds. The molecule has 0 unspecified atom stereocenters. The molecule has 0 saturated carbocycles. The average Bonchev–Trinajstić information content (AvgIpc) is 3.13. The second kappa shape index (κ2) is 8.86.